The molecule has 0 radical (unpaired) electrons. The van der Waals surface area contributed by atoms with Crippen molar-refractivity contribution in [3.8, 4) is 22.3 Å². The normalized spacial score (nSPS) is 14.7. The Kier molecular flexibility index (Phi) is 2.75. The summed E-state index contributed by atoms with van der Waals surface area (Å²) in [5.41, 5.74) is 10.9. The Morgan fingerprint density at radius 3 is 1.38 bits per heavy atom. The molecule has 2 aliphatic carbocycles. The van der Waals surface area contributed by atoms with Crippen LogP contribution in [0, 0.1) is 0 Å². The van der Waals surface area contributed by atoms with Gasteiger partial charge in [-0.05, 0) is 55.9 Å². The molecule has 4 aromatic carbocycles. The average molecular weight is 348 g/mol. The first-order chi connectivity index (χ1) is 12.8. The standard InChI is InChI=1S/C25H17P/c26-16-13-14-20-19-9-3-6-12-23(19)25(24(20)15-16)21-10-4-1-7-17(21)18-8-2-5-11-22(18)25/h1-15H,26H2. The Labute approximate surface area is 155 Å². The minimum absolute atomic E-state index is 0.203. The Morgan fingerprint density at radius 1 is 0.462 bits per heavy atom. The molecule has 0 aliphatic heterocycles. The Balaban J connectivity index is 1.88. The van der Waals surface area contributed by atoms with Gasteiger partial charge in [-0.1, -0.05) is 84.9 Å². The van der Waals surface area contributed by atoms with Gasteiger partial charge in [0.25, 0.3) is 0 Å². The zero-order valence-electron chi connectivity index (χ0n) is 14.2. The maximum Gasteiger partial charge on any atom is 0.0725 e. The molecule has 122 valence electrons. The Hall–Kier alpha value is -2.69. The van der Waals surface area contributed by atoms with E-state index >= 15 is 0 Å². The van der Waals surface area contributed by atoms with Crippen LogP contribution in [0.5, 0.6) is 0 Å². The van der Waals surface area contributed by atoms with E-state index in [1.807, 2.05) is 0 Å². The maximum atomic E-state index is 2.87. The molecule has 0 nitrogen and oxygen atoms in total. The summed E-state index contributed by atoms with van der Waals surface area (Å²) in [6.45, 7) is 0. The molecule has 0 saturated carbocycles. The first kappa shape index (κ1) is 14.5. The quantitative estimate of drug-likeness (QED) is 0.317. The lowest BCUT2D eigenvalue weighted by atomic mass is 9.70. The van der Waals surface area contributed by atoms with Crippen LogP contribution in [0.15, 0.2) is 91.0 Å². The smallest absolute Gasteiger partial charge is 0.0725 e. The highest BCUT2D eigenvalue weighted by atomic mass is 31.0. The lowest BCUT2D eigenvalue weighted by molar-refractivity contribution is 0.794. The van der Waals surface area contributed by atoms with Gasteiger partial charge in [0.05, 0.1) is 5.41 Å². The summed E-state index contributed by atoms with van der Waals surface area (Å²) in [4.78, 5) is 0. The van der Waals surface area contributed by atoms with Gasteiger partial charge in [0.15, 0.2) is 0 Å². The monoisotopic (exact) mass is 348 g/mol. The van der Waals surface area contributed by atoms with Crippen LogP contribution in [0.1, 0.15) is 22.3 Å². The van der Waals surface area contributed by atoms with E-state index in [9.17, 15) is 0 Å². The highest BCUT2D eigenvalue weighted by Crippen LogP contribution is 2.62. The van der Waals surface area contributed by atoms with E-state index in [2.05, 4.69) is 100 Å². The van der Waals surface area contributed by atoms with Crippen molar-refractivity contribution < 1.29 is 0 Å². The second-order valence-electron chi connectivity index (χ2n) is 7.19. The van der Waals surface area contributed by atoms with Crippen LogP contribution < -0.4 is 5.30 Å². The molecular weight excluding hydrogens is 331 g/mol. The molecule has 1 spiro atoms. The minimum Gasteiger partial charge on any atom is -0.106 e. The first-order valence-corrected chi connectivity index (χ1v) is 9.59. The van der Waals surface area contributed by atoms with Crippen molar-refractivity contribution in [3.05, 3.63) is 113 Å². The van der Waals surface area contributed by atoms with E-state index in [1.165, 1.54) is 49.8 Å². The predicted octanol–water partition coefficient (Wildman–Crippen LogP) is 5.53. The Bertz CT molecular complexity index is 1140. The molecule has 0 fully saturated rings. The highest BCUT2D eigenvalue weighted by molar-refractivity contribution is 7.27. The first-order valence-electron chi connectivity index (χ1n) is 9.01. The van der Waals surface area contributed by atoms with Crippen LogP contribution in [-0.4, -0.2) is 0 Å². The summed E-state index contributed by atoms with van der Waals surface area (Å²) in [6, 6.07) is 33.6. The van der Waals surface area contributed by atoms with Gasteiger partial charge in [-0.3, -0.25) is 0 Å². The maximum absolute atomic E-state index is 2.87. The molecule has 1 unspecified atom stereocenters. The molecule has 1 heteroatoms. The van der Waals surface area contributed by atoms with Gasteiger partial charge in [-0.15, -0.1) is 9.24 Å². The summed E-state index contributed by atoms with van der Waals surface area (Å²) in [6.07, 6.45) is 0. The van der Waals surface area contributed by atoms with Crippen LogP contribution in [0.3, 0.4) is 0 Å². The van der Waals surface area contributed by atoms with Crippen LogP contribution >= 0.6 is 9.24 Å². The van der Waals surface area contributed by atoms with Gasteiger partial charge in [0, 0.05) is 0 Å². The largest absolute Gasteiger partial charge is 0.106 e. The molecular formula is C25H17P. The van der Waals surface area contributed by atoms with Gasteiger partial charge in [-0.25, -0.2) is 0 Å². The van der Waals surface area contributed by atoms with Crippen molar-refractivity contribution in [3.63, 3.8) is 0 Å². The minimum atomic E-state index is -0.203. The number of benzene rings is 4. The topological polar surface area (TPSA) is 0 Å². The number of hydrogen-bond donors (Lipinski definition) is 0. The molecule has 0 amide bonds. The lowest BCUT2D eigenvalue weighted by Crippen LogP contribution is -2.26. The summed E-state index contributed by atoms with van der Waals surface area (Å²) in [7, 11) is 2.87. The zero-order chi connectivity index (χ0) is 17.3. The van der Waals surface area contributed by atoms with E-state index in [-0.39, 0.29) is 5.41 Å². The molecule has 0 heterocycles. The predicted molar refractivity (Wildman–Crippen MR) is 112 cm³/mol. The lowest BCUT2D eigenvalue weighted by Gasteiger charge is -2.30. The fraction of sp³-hybridized carbons (Fsp3) is 0.0400. The van der Waals surface area contributed by atoms with Crippen LogP contribution in [-0.2, 0) is 5.41 Å². The molecule has 2 aliphatic rings. The molecule has 0 bridgehead atoms. The number of fused-ring (bicyclic) bond motifs is 10. The summed E-state index contributed by atoms with van der Waals surface area (Å²) < 4.78 is 0. The molecule has 0 aromatic heterocycles. The van der Waals surface area contributed by atoms with Crippen molar-refractivity contribution in [2.75, 3.05) is 0 Å². The van der Waals surface area contributed by atoms with Crippen molar-refractivity contribution in [2.24, 2.45) is 0 Å². The Morgan fingerprint density at radius 2 is 0.885 bits per heavy atom. The SMILES string of the molecule is Pc1ccc2c(c1)C1(c3ccccc3-c3ccccc31)c1ccccc1-2. The summed E-state index contributed by atoms with van der Waals surface area (Å²) in [5.74, 6) is 0. The molecule has 1 atom stereocenters. The number of hydrogen-bond acceptors (Lipinski definition) is 0. The average Bonchev–Trinajstić information content (AvgIpc) is 3.15. The van der Waals surface area contributed by atoms with E-state index in [1.54, 1.807) is 0 Å². The third kappa shape index (κ3) is 1.55. The number of rotatable bonds is 0. The molecule has 6 rings (SSSR count). The summed E-state index contributed by atoms with van der Waals surface area (Å²) >= 11 is 0. The fourth-order valence-electron chi connectivity index (χ4n) is 5.11. The van der Waals surface area contributed by atoms with E-state index in [0.29, 0.717) is 0 Å². The van der Waals surface area contributed by atoms with Crippen molar-refractivity contribution in [2.45, 2.75) is 5.41 Å². The second-order valence-corrected chi connectivity index (χ2v) is 7.86. The highest BCUT2D eigenvalue weighted by Gasteiger charge is 2.51. The van der Waals surface area contributed by atoms with Crippen LogP contribution in [0.25, 0.3) is 22.3 Å². The van der Waals surface area contributed by atoms with Gasteiger partial charge >= 0.3 is 0 Å². The van der Waals surface area contributed by atoms with Crippen molar-refractivity contribution in [1.82, 2.24) is 0 Å². The van der Waals surface area contributed by atoms with Crippen LogP contribution in [0.4, 0.5) is 0 Å². The van der Waals surface area contributed by atoms with Gasteiger partial charge in [0.2, 0.25) is 0 Å². The van der Waals surface area contributed by atoms with Gasteiger partial charge in [0.1, 0.15) is 0 Å². The van der Waals surface area contributed by atoms with Crippen LogP contribution in [0.2, 0.25) is 0 Å². The second kappa shape index (κ2) is 4.93. The third-order valence-corrected chi connectivity index (χ3v) is 6.38. The zero-order valence-corrected chi connectivity index (χ0v) is 15.4. The summed E-state index contributed by atoms with van der Waals surface area (Å²) in [5, 5.41) is 1.23. The molecule has 0 saturated heterocycles. The third-order valence-electron chi connectivity index (χ3n) is 6.02. The molecule has 4 aromatic rings. The van der Waals surface area contributed by atoms with Gasteiger partial charge in [-0.2, -0.15) is 0 Å². The van der Waals surface area contributed by atoms with Gasteiger partial charge < -0.3 is 0 Å². The van der Waals surface area contributed by atoms with E-state index in [4.69, 9.17) is 0 Å². The molecule has 26 heavy (non-hydrogen) atoms. The van der Waals surface area contributed by atoms with Crippen molar-refractivity contribution in [1.29, 1.82) is 0 Å². The molecule has 0 N–H and O–H groups in total. The van der Waals surface area contributed by atoms with E-state index in [0.717, 1.165) is 0 Å². The van der Waals surface area contributed by atoms with Crippen molar-refractivity contribution >= 4 is 14.5 Å². The van der Waals surface area contributed by atoms with E-state index < -0.39 is 0 Å². The fourth-order valence-corrected chi connectivity index (χ4v) is 5.38.